The first-order chi connectivity index (χ1) is 8.32. The van der Waals surface area contributed by atoms with Gasteiger partial charge in [-0.25, -0.2) is 4.98 Å². The van der Waals surface area contributed by atoms with Crippen LogP contribution >= 0.6 is 0 Å². The molecule has 0 aliphatic rings. The van der Waals surface area contributed by atoms with E-state index in [2.05, 4.69) is 10.1 Å². The van der Waals surface area contributed by atoms with Gasteiger partial charge in [-0.05, 0) is 20.8 Å². The first-order valence-electron chi connectivity index (χ1n) is 5.52. The van der Waals surface area contributed by atoms with Gasteiger partial charge in [0, 0.05) is 13.2 Å². The van der Waals surface area contributed by atoms with E-state index in [0.717, 1.165) is 5.69 Å². The van der Waals surface area contributed by atoms with Crippen molar-refractivity contribution in [1.29, 1.82) is 0 Å². The Hall–Kier alpha value is -2.18. The molecule has 18 heavy (non-hydrogen) atoms. The van der Waals surface area contributed by atoms with Crippen LogP contribution in [0.15, 0.2) is 18.7 Å². The summed E-state index contributed by atoms with van der Waals surface area (Å²) in [5.41, 5.74) is 0.714. The maximum absolute atomic E-state index is 10.8. The van der Waals surface area contributed by atoms with Gasteiger partial charge < -0.3 is 4.57 Å². The molecule has 0 aliphatic carbocycles. The lowest BCUT2D eigenvalue weighted by Gasteiger charge is -2.22. The molecular formula is C11H15N5O2. The van der Waals surface area contributed by atoms with Crippen LogP contribution in [0.4, 0.5) is 5.69 Å². The summed E-state index contributed by atoms with van der Waals surface area (Å²) in [6.45, 7) is 5.47. The van der Waals surface area contributed by atoms with Crippen molar-refractivity contribution in [3.63, 3.8) is 0 Å². The van der Waals surface area contributed by atoms with Gasteiger partial charge in [-0.2, -0.15) is 5.10 Å². The van der Waals surface area contributed by atoms with Crippen molar-refractivity contribution in [3.05, 3.63) is 40.2 Å². The van der Waals surface area contributed by atoms with Crippen molar-refractivity contribution in [3.8, 4) is 0 Å². The molecule has 0 radical (unpaired) electrons. The van der Waals surface area contributed by atoms with Crippen molar-refractivity contribution in [2.24, 2.45) is 7.05 Å². The van der Waals surface area contributed by atoms with Crippen LogP contribution in [0.25, 0.3) is 0 Å². The van der Waals surface area contributed by atoms with Crippen LogP contribution in [-0.2, 0) is 12.6 Å². The Morgan fingerprint density at radius 2 is 2.06 bits per heavy atom. The van der Waals surface area contributed by atoms with Crippen molar-refractivity contribution in [1.82, 2.24) is 19.3 Å². The van der Waals surface area contributed by atoms with E-state index in [1.165, 1.54) is 6.20 Å². The molecule has 2 heterocycles. The van der Waals surface area contributed by atoms with E-state index in [1.54, 1.807) is 17.9 Å². The Morgan fingerprint density at radius 1 is 1.39 bits per heavy atom. The Bertz CT molecular complexity index is 596. The predicted octanol–water partition coefficient (Wildman–Crippen LogP) is 1.62. The second-order valence-corrected chi connectivity index (χ2v) is 4.78. The van der Waals surface area contributed by atoms with Gasteiger partial charge in [0.2, 0.25) is 0 Å². The lowest BCUT2D eigenvalue weighted by atomic mass is 10.0. The SMILES string of the molecule is Cc1nn(C(C)(C)c2cn(C)cn2)cc1[N+](=O)[O-]. The molecule has 0 unspecified atom stereocenters. The van der Waals surface area contributed by atoms with Crippen molar-refractivity contribution in [2.75, 3.05) is 0 Å². The normalized spacial score (nSPS) is 11.8. The van der Waals surface area contributed by atoms with Crippen molar-refractivity contribution < 1.29 is 4.92 Å². The maximum atomic E-state index is 10.8. The van der Waals surface area contributed by atoms with Gasteiger partial charge in [0.15, 0.2) is 0 Å². The number of hydrogen-bond donors (Lipinski definition) is 0. The van der Waals surface area contributed by atoms with Gasteiger partial charge in [0.1, 0.15) is 17.4 Å². The lowest BCUT2D eigenvalue weighted by Crippen LogP contribution is -2.28. The topological polar surface area (TPSA) is 78.8 Å². The van der Waals surface area contributed by atoms with Crippen LogP contribution in [0.5, 0.6) is 0 Å². The highest BCUT2D eigenvalue weighted by molar-refractivity contribution is 5.32. The fourth-order valence-corrected chi connectivity index (χ4v) is 1.76. The van der Waals surface area contributed by atoms with Crippen LogP contribution in [0.1, 0.15) is 25.2 Å². The standard InChI is InChI=1S/C11H15N5O2/c1-8-9(16(17)18)5-15(13-8)11(2,3)10-6-14(4)7-12-10/h5-7H,1-4H3. The summed E-state index contributed by atoms with van der Waals surface area (Å²) in [6.07, 6.45) is 5.02. The van der Waals surface area contributed by atoms with E-state index in [1.807, 2.05) is 31.7 Å². The summed E-state index contributed by atoms with van der Waals surface area (Å²) in [7, 11) is 1.88. The monoisotopic (exact) mass is 249 g/mol. The zero-order chi connectivity index (χ0) is 13.5. The average molecular weight is 249 g/mol. The number of rotatable bonds is 3. The smallest absolute Gasteiger partial charge is 0.309 e. The number of nitro groups is 1. The predicted molar refractivity (Wildman–Crippen MR) is 65.3 cm³/mol. The molecule has 0 aliphatic heterocycles. The molecule has 96 valence electrons. The Kier molecular flexibility index (Phi) is 2.68. The molecule has 2 rings (SSSR count). The van der Waals surface area contributed by atoms with Gasteiger partial charge >= 0.3 is 5.69 Å². The van der Waals surface area contributed by atoms with E-state index >= 15 is 0 Å². The Balaban J connectivity index is 2.47. The van der Waals surface area contributed by atoms with E-state index in [0.29, 0.717) is 5.69 Å². The highest BCUT2D eigenvalue weighted by atomic mass is 16.6. The first-order valence-corrected chi connectivity index (χ1v) is 5.52. The molecule has 2 aromatic rings. The van der Waals surface area contributed by atoms with E-state index in [4.69, 9.17) is 0 Å². The summed E-state index contributed by atoms with van der Waals surface area (Å²) in [4.78, 5) is 14.7. The molecule has 0 bridgehead atoms. The van der Waals surface area contributed by atoms with Gasteiger partial charge in [-0.1, -0.05) is 0 Å². The molecule has 0 spiro atoms. The first kappa shape index (κ1) is 12.3. The zero-order valence-electron chi connectivity index (χ0n) is 10.8. The molecular weight excluding hydrogens is 234 g/mol. The fraction of sp³-hybridized carbons (Fsp3) is 0.455. The lowest BCUT2D eigenvalue weighted by molar-refractivity contribution is -0.385. The highest BCUT2D eigenvalue weighted by Gasteiger charge is 2.29. The van der Waals surface area contributed by atoms with Crippen molar-refractivity contribution >= 4 is 5.69 Å². The Labute approximate surface area is 104 Å². The molecule has 0 saturated heterocycles. The third-order valence-corrected chi connectivity index (χ3v) is 2.97. The van der Waals surface area contributed by atoms with Crippen LogP contribution < -0.4 is 0 Å². The highest BCUT2D eigenvalue weighted by Crippen LogP contribution is 2.26. The second-order valence-electron chi connectivity index (χ2n) is 4.78. The number of aromatic nitrogens is 4. The maximum Gasteiger partial charge on any atom is 0.309 e. The third-order valence-electron chi connectivity index (χ3n) is 2.97. The molecule has 0 N–H and O–H groups in total. The minimum atomic E-state index is -0.528. The van der Waals surface area contributed by atoms with E-state index in [9.17, 15) is 10.1 Å². The average Bonchev–Trinajstić information content (AvgIpc) is 2.84. The van der Waals surface area contributed by atoms with Crippen LogP contribution in [0.2, 0.25) is 0 Å². The number of nitrogens with zero attached hydrogens (tertiary/aromatic N) is 5. The number of hydrogen-bond acceptors (Lipinski definition) is 4. The summed E-state index contributed by atoms with van der Waals surface area (Å²) in [6, 6.07) is 0. The number of aryl methyl sites for hydroxylation is 2. The molecule has 0 saturated carbocycles. The third kappa shape index (κ3) is 1.87. The largest absolute Gasteiger partial charge is 0.340 e. The minimum Gasteiger partial charge on any atom is -0.340 e. The van der Waals surface area contributed by atoms with Crippen LogP contribution in [0.3, 0.4) is 0 Å². The summed E-state index contributed by atoms with van der Waals surface area (Å²) < 4.78 is 3.42. The molecule has 0 fully saturated rings. The van der Waals surface area contributed by atoms with E-state index in [-0.39, 0.29) is 5.69 Å². The molecule has 7 nitrogen and oxygen atoms in total. The van der Waals surface area contributed by atoms with Gasteiger partial charge in [-0.3, -0.25) is 14.8 Å². The van der Waals surface area contributed by atoms with Gasteiger partial charge in [0.25, 0.3) is 0 Å². The second kappa shape index (κ2) is 3.94. The summed E-state index contributed by atoms with van der Waals surface area (Å²) in [5.74, 6) is 0. The number of imidazole rings is 1. The van der Waals surface area contributed by atoms with E-state index < -0.39 is 10.5 Å². The Morgan fingerprint density at radius 3 is 2.50 bits per heavy atom. The zero-order valence-corrected chi connectivity index (χ0v) is 10.8. The fourth-order valence-electron chi connectivity index (χ4n) is 1.76. The van der Waals surface area contributed by atoms with Gasteiger partial charge in [-0.15, -0.1) is 0 Å². The minimum absolute atomic E-state index is 0.0269. The molecule has 0 atom stereocenters. The molecule has 2 aromatic heterocycles. The van der Waals surface area contributed by atoms with Crippen LogP contribution in [-0.4, -0.2) is 24.3 Å². The molecule has 7 heteroatoms. The van der Waals surface area contributed by atoms with Crippen LogP contribution in [0, 0.1) is 17.0 Å². The quantitative estimate of drug-likeness (QED) is 0.611. The molecule has 0 amide bonds. The van der Waals surface area contributed by atoms with Gasteiger partial charge in [0.05, 0.1) is 16.9 Å². The van der Waals surface area contributed by atoms with Crippen molar-refractivity contribution in [2.45, 2.75) is 26.3 Å². The summed E-state index contributed by atoms with van der Waals surface area (Å²) in [5, 5.41) is 15.1. The molecule has 0 aromatic carbocycles. The summed E-state index contributed by atoms with van der Waals surface area (Å²) >= 11 is 0.